The zero-order valence-corrected chi connectivity index (χ0v) is 25.3. The molecule has 2 aromatic carbocycles. The van der Waals surface area contributed by atoms with Crippen molar-refractivity contribution in [3.8, 4) is 11.8 Å². The van der Waals surface area contributed by atoms with Crippen LogP contribution in [0.3, 0.4) is 0 Å². The van der Waals surface area contributed by atoms with E-state index in [0.29, 0.717) is 37.3 Å². The fourth-order valence-electron chi connectivity index (χ4n) is 7.30. The molecule has 1 amide bonds. The van der Waals surface area contributed by atoms with Crippen LogP contribution in [0.25, 0.3) is 0 Å². The predicted molar refractivity (Wildman–Crippen MR) is 168 cm³/mol. The SMILES string of the molecule is C=S1(=O)NC(=O)c2ccc3c(c2)N(C[C@@H]2CC[C@H]2[C@@H](O)/C=C\CC[C@H]1CC#N)C[C@@]1(CCCc2cc(Cl)ccc21)CO3. The first-order valence-corrected chi connectivity index (χ1v) is 17.1. The highest BCUT2D eigenvalue weighted by Crippen LogP contribution is 2.46. The summed E-state index contributed by atoms with van der Waals surface area (Å²) in [4.78, 5) is 15.8. The largest absolute Gasteiger partial charge is 0.490 e. The fraction of sp³-hybridized carbons (Fsp3) is 0.485. The van der Waals surface area contributed by atoms with Crippen molar-refractivity contribution in [2.75, 3.05) is 24.6 Å². The molecule has 2 aliphatic heterocycles. The molecular weight excluding hydrogens is 570 g/mol. The molecule has 0 aromatic heterocycles. The van der Waals surface area contributed by atoms with Crippen molar-refractivity contribution in [1.82, 2.24) is 4.72 Å². The number of fused-ring (bicyclic) bond motifs is 4. The number of benzene rings is 2. The van der Waals surface area contributed by atoms with Crippen LogP contribution in [0.2, 0.25) is 5.02 Å². The molecule has 6 atom stereocenters. The van der Waals surface area contributed by atoms with Gasteiger partial charge in [-0.2, -0.15) is 5.26 Å². The number of aliphatic hydroxyl groups excluding tert-OH is 1. The van der Waals surface area contributed by atoms with E-state index in [0.717, 1.165) is 49.4 Å². The predicted octanol–water partition coefficient (Wildman–Crippen LogP) is 5.19. The van der Waals surface area contributed by atoms with Crippen molar-refractivity contribution in [3.05, 3.63) is 70.3 Å². The first-order valence-electron chi connectivity index (χ1n) is 14.9. The van der Waals surface area contributed by atoms with E-state index in [4.69, 9.17) is 16.3 Å². The molecule has 2 aliphatic carbocycles. The van der Waals surface area contributed by atoms with Gasteiger partial charge in [0.2, 0.25) is 0 Å². The van der Waals surface area contributed by atoms with Crippen molar-refractivity contribution in [1.29, 1.82) is 5.26 Å². The molecule has 2 aromatic rings. The normalized spacial score (nSPS) is 33.5. The number of aliphatic hydroxyl groups is 1. The number of nitrogens with zero attached hydrogens (tertiary/aromatic N) is 2. The molecule has 1 spiro atoms. The van der Waals surface area contributed by atoms with E-state index in [1.165, 1.54) is 11.1 Å². The van der Waals surface area contributed by atoms with Gasteiger partial charge in [0.1, 0.15) is 5.75 Å². The number of halogens is 1. The summed E-state index contributed by atoms with van der Waals surface area (Å²) < 4.78 is 22.8. The summed E-state index contributed by atoms with van der Waals surface area (Å²) in [5.74, 6) is 4.51. The number of ether oxygens (including phenoxy) is 1. The van der Waals surface area contributed by atoms with E-state index in [-0.39, 0.29) is 23.7 Å². The van der Waals surface area contributed by atoms with Gasteiger partial charge >= 0.3 is 0 Å². The number of nitriles is 1. The molecule has 4 aliphatic rings. The van der Waals surface area contributed by atoms with Crippen LogP contribution in [0.15, 0.2) is 48.6 Å². The molecule has 0 radical (unpaired) electrons. The van der Waals surface area contributed by atoms with Crippen LogP contribution in [-0.2, 0) is 21.5 Å². The Morgan fingerprint density at radius 2 is 2.10 bits per heavy atom. The first-order chi connectivity index (χ1) is 20.2. The Bertz CT molecular complexity index is 1550. The van der Waals surface area contributed by atoms with Gasteiger partial charge in [-0.05, 0) is 104 Å². The molecule has 7 nitrogen and oxygen atoms in total. The Morgan fingerprint density at radius 1 is 1.24 bits per heavy atom. The number of hydrogen-bond acceptors (Lipinski definition) is 6. The molecule has 1 saturated carbocycles. The van der Waals surface area contributed by atoms with Crippen molar-refractivity contribution in [3.63, 3.8) is 0 Å². The lowest BCUT2D eigenvalue weighted by Gasteiger charge is -2.45. The van der Waals surface area contributed by atoms with E-state index in [1.54, 1.807) is 6.07 Å². The minimum Gasteiger partial charge on any atom is -0.490 e. The number of nitrogens with one attached hydrogen (secondary N) is 1. The van der Waals surface area contributed by atoms with Gasteiger partial charge in [-0.15, -0.1) is 0 Å². The van der Waals surface area contributed by atoms with Crippen LogP contribution in [0.4, 0.5) is 5.69 Å². The smallest absolute Gasteiger partial charge is 0.262 e. The topological polar surface area (TPSA) is 103 Å². The fourth-order valence-corrected chi connectivity index (χ4v) is 8.95. The second-order valence-corrected chi connectivity index (χ2v) is 15.2. The summed E-state index contributed by atoms with van der Waals surface area (Å²) >= 11 is 6.39. The maximum Gasteiger partial charge on any atom is 0.262 e. The van der Waals surface area contributed by atoms with Gasteiger partial charge < -0.3 is 14.7 Å². The number of rotatable bonds is 1. The van der Waals surface area contributed by atoms with Gasteiger partial charge in [0.15, 0.2) is 0 Å². The summed E-state index contributed by atoms with van der Waals surface area (Å²) in [7, 11) is -3.11. The van der Waals surface area contributed by atoms with Gasteiger partial charge in [0, 0.05) is 29.1 Å². The van der Waals surface area contributed by atoms with Crippen LogP contribution in [0, 0.1) is 23.2 Å². The molecule has 1 fully saturated rings. The number of aryl methyl sites for hydroxylation is 1. The van der Waals surface area contributed by atoms with Crippen molar-refractivity contribution < 1.29 is 18.8 Å². The third-order valence-corrected chi connectivity index (χ3v) is 12.0. The molecule has 222 valence electrons. The van der Waals surface area contributed by atoms with Crippen LogP contribution in [0.1, 0.15) is 66.4 Å². The minimum absolute atomic E-state index is 0.0181. The van der Waals surface area contributed by atoms with E-state index in [9.17, 15) is 19.4 Å². The number of carbonyl (C=O) groups excluding carboxylic acids is 1. The van der Waals surface area contributed by atoms with Gasteiger partial charge in [0.05, 0.1) is 45.8 Å². The monoisotopic (exact) mass is 607 g/mol. The molecule has 2 bridgehead atoms. The lowest BCUT2D eigenvalue weighted by atomic mass is 9.68. The maximum absolute atomic E-state index is 13.6. The summed E-state index contributed by atoms with van der Waals surface area (Å²) in [5, 5.41) is 20.6. The van der Waals surface area contributed by atoms with Gasteiger partial charge in [-0.1, -0.05) is 29.8 Å². The van der Waals surface area contributed by atoms with E-state index < -0.39 is 27.0 Å². The highest BCUT2D eigenvalue weighted by Gasteiger charge is 2.44. The van der Waals surface area contributed by atoms with Crippen LogP contribution < -0.4 is 14.4 Å². The number of hydrogen-bond donors (Lipinski definition) is 2. The van der Waals surface area contributed by atoms with Gasteiger partial charge in [0.25, 0.3) is 5.91 Å². The highest BCUT2D eigenvalue weighted by molar-refractivity contribution is 7.99. The van der Waals surface area contributed by atoms with Crippen LogP contribution in [-0.4, -0.2) is 52.1 Å². The molecule has 6 rings (SSSR count). The molecule has 0 saturated heterocycles. The number of amides is 1. The van der Waals surface area contributed by atoms with Gasteiger partial charge in [-0.25, -0.2) is 4.21 Å². The Hall–Kier alpha value is -2.99. The zero-order valence-electron chi connectivity index (χ0n) is 23.8. The van der Waals surface area contributed by atoms with E-state index >= 15 is 0 Å². The lowest BCUT2D eigenvalue weighted by molar-refractivity contribution is 0.0456. The average molecular weight is 608 g/mol. The van der Waals surface area contributed by atoms with E-state index in [2.05, 4.69) is 33.7 Å². The summed E-state index contributed by atoms with van der Waals surface area (Å²) in [6.07, 6.45) is 9.12. The molecule has 42 heavy (non-hydrogen) atoms. The second kappa shape index (κ2) is 11.6. The summed E-state index contributed by atoms with van der Waals surface area (Å²) in [6, 6.07) is 13.7. The molecule has 1 unspecified atom stereocenters. The van der Waals surface area contributed by atoms with Crippen molar-refractivity contribution >= 4 is 38.8 Å². The third kappa shape index (κ3) is 5.55. The second-order valence-electron chi connectivity index (χ2n) is 12.4. The summed E-state index contributed by atoms with van der Waals surface area (Å²) in [5.41, 5.74) is 3.48. The molecular formula is C33H38ClN3O4S. The number of anilines is 1. The molecule has 2 N–H and O–H groups in total. The minimum atomic E-state index is -3.11. The third-order valence-electron chi connectivity index (χ3n) is 9.78. The van der Waals surface area contributed by atoms with E-state index in [1.807, 2.05) is 30.4 Å². The maximum atomic E-state index is 13.6. The highest BCUT2D eigenvalue weighted by atomic mass is 35.5. The van der Waals surface area contributed by atoms with Crippen molar-refractivity contribution in [2.45, 2.75) is 68.1 Å². The molecule has 2 heterocycles. The van der Waals surface area contributed by atoms with Crippen LogP contribution >= 0.6 is 11.6 Å². The lowest BCUT2D eigenvalue weighted by Crippen LogP contribution is -2.49. The number of allylic oxidation sites excluding steroid dienone is 1. The summed E-state index contributed by atoms with van der Waals surface area (Å²) in [6.45, 7) is 1.96. The standard InChI is InChI=1S/C33H38ClN3O4S/c1-42(40)26(14-16-35)6-2-3-7-30(38)27-11-8-24(27)19-37-20-33(15-4-5-22-17-25(34)10-12-28(22)33)21-41-31-13-9-23(18-29(31)37)32(39)36-42/h3,7,9-10,12-13,17-18,24,26-27,30,38H,1-2,4-6,8,11,14-15,19-21H2,(H,36,39,40)/b7-3-/t24-,26-,27+,30-,33-,42?/m0/s1. The van der Waals surface area contributed by atoms with Crippen LogP contribution in [0.5, 0.6) is 5.75 Å². The Morgan fingerprint density at radius 3 is 2.88 bits per heavy atom. The van der Waals surface area contributed by atoms with Crippen molar-refractivity contribution in [2.24, 2.45) is 11.8 Å². The quantitative estimate of drug-likeness (QED) is 0.342. The average Bonchev–Trinajstić information content (AvgIpc) is 3.09. The Kier molecular flexibility index (Phi) is 8.03. The zero-order chi connectivity index (χ0) is 29.5. The Labute approximate surface area is 253 Å². The number of carbonyl (C=O) groups is 1. The Balaban J connectivity index is 1.42. The first kappa shape index (κ1) is 29.1. The molecule has 9 heteroatoms. The van der Waals surface area contributed by atoms with Gasteiger partial charge in [-0.3, -0.25) is 9.52 Å².